The molecule has 0 atom stereocenters. The lowest BCUT2D eigenvalue weighted by atomic mass is 9.85. The highest BCUT2D eigenvalue weighted by Gasteiger charge is 2.23. The Morgan fingerprint density at radius 2 is 1.83 bits per heavy atom. The topological polar surface area (TPSA) is 124 Å². The predicted molar refractivity (Wildman–Crippen MR) is 162 cm³/mol. The first-order valence-electron chi connectivity index (χ1n) is 14.6. The van der Waals surface area contributed by atoms with Gasteiger partial charge in [-0.3, -0.25) is 9.59 Å². The van der Waals surface area contributed by atoms with Crippen molar-refractivity contribution in [2.45, 2.75) is 46.2 Å². The monoisotopic (exact) mass is 568 g/mol. The molecule has 4 heterocycles. The fourth-order valence-electron chi connectivity index (χ4n) is 6.00. The molecule has 6 rings (SSSR count). The molecular formula is C32H36N6O4. The first kappa shape index (κ1) is 27.6. The highest BCUT2D eigenvalue weighted by atomic mass is 16.4. The lowest BCUT2D eigenvalue weighted by Crippen LogP contribution is -2.48. The van der Waals surface area contributed by atoms with E-state index in [0.29, 0.717) is 43.2 Å². The minimum absolute atomic E-state index is 0.139. The molecule has 1 saturated carbocycles. The van der Waals surface area contributed by atoms with E-state index in [2.05, 4.69) is 32.0 Å². The Labute approximate surface area is 244 Å². The van der Waals surface area contributed by atoms with Crippen molar-refractivity contribution in [1.29, 1.82) is 0 Å². The Hall–Kier alpha value is -4.60. The van der Waals surface area contributed by atoms with E-state index < -0.39 is 6.09 Å². The van der Waals surface area contributed by atoms with E-state index in [4.69, 9.17) is 4.98 Å². The number of anilines is 1. The van der Waals surface area contributed by atoms with Gasteiger partial charge in [0.15, 0.2) is 0 Å². The normalized spacial score (nSPS) is 15.6. The molecule has 0 bridgehead atoms. The number of rotatable bonds is 7. The molecule has 1 aliphatic heterocycles. The van der Waals surface area contributed by atoms with Crippen LogP contribution in [0.5, 0.6) is 0 Å². The second kappa shape index (κ2) is 11.3. The summed E-state index contributed by atoms with van der Waals surface area (Å²) < 4.78 is 2.25. The van der Waals surface area contributed by atoms with Gasteiger partial charge in [0.1, 0.15) is 5.82 Å². The quantitative estimate of drug-likeness (QED) is 0.301. The molecule has 10 heteroatoms. The number of amides is 2. The standard InChI is InChI=1S/C32H36N6O4/c1-20-14-21(2)35-31(40)27(20)18-34-30(39)26-15-24(16-28-25(26)8-9-38(28)19-22-4-3-5-22)23-6-7-29(33-17-23)36-10-12-37(13-11-36)32(41)42/h6-9,14-17,22H,3-5,10-13,18-19H2,1-2H3,(H,34,39)(H,35,40)(H,41,42). The molecule has 10 nitrogen and oxygen atoms in total. The zero-order valence-electron chi connectivity index (χ0n) is 24.0. The number of piperazine rings is 1. The second-order valence-electron chi connectivity index (χ2n) is 11.5. The van der Waals surface area contributed by atoms with Crippen molar-refractivity contribution >= 4 is 28.7 Å². The van der Waals surface area contributed by atoms with Crippen LogP contribution in [0, 0.1) is 19.8 Å². The van der Waals surface area contributed by atoms with Crippen LogP contribution in [0.25, 0.3) is 22.0 Å². The number of fused-ring (bicyclic) bond motifs is 1. The highest BCUT2D eigenvalue weighted by Crippen LogP contribution is 2.33. The lowest BCUT2D eigenvalue weighted by molar-refractivity contribution is 0.0952. The van der Waals surface area contributed by atoms with Crippen LogP contribution in [0.2, 0.25) is 0 Å². The van der Waals surface area contributed by atoms with Crippen LogP contribution in [0.3, 0.4) is 0 Å². The third kappa shape index (κ3) is 5.48. The van der Waals surface area contributed by atoms with E-state index in [1.807, 2.05) is 50.4 Å². The molecular weight excluding hydrogens is 532 g/mol. The Kier molecular flexibility index (Phi) is 7.45. The smallest absolute Gasteiger partial charge is 0.407 e. The van der Waals surface area contributed by atoms with E-state index in [9.17, 15) is 19.5 Å². The van der Waals surface area contributed by atoms with Crippen molar-refractivity contribution in [3.63, 3.8) is 0 Å². The summed E-state index contributed by atoms with van der Waals surface area (Å²) in [5.41, 5.74) is 5.34. The average Bonchev–Trinajstić information content (AvgIpc) is 3.36. The van der Waals surface area contributed by atoms with Crippen LogP contribution in [0.4, 0.5) is 10.6 Å². The van der Waals surface area contributed by atoms with Gasteiger partial charge in [-0.15, -0.1) is 0 Å². The lowest BCUT2D eigenvalue weighted by Gasteiger charge is -2.33. The highest BCUT2D eigenvalue weighted by molar-refractivity contribution is 6.08. The number of hydrogen-bond acceptors (Lipinski definition) is 5. The van der Waals surface area contributed by atoms with Gasteiger partial charge in [0.05, 0.1) is 0 Å². The number of aromatic nitrogens is 3. The Morgan fingerprint density at radius 3 is 2.48 bits per heavy atom. The molecule has 0 spiro atoms. The van der Waals surface area contributed by atoms with Gasteiger partial charge < -0.3 is 29.8 Å². The third-order valence-electron chi connectivity index (χ3n) is 8.69. The molecule has 1 aliphatic carbocycles. The molecule has 218 valence electrons. The fourth-order valence-corrected chi connectivity index (χ4v) is 6.00. The molecule has 1 saturated heterocycles. The van der Waals surface area contributed by atoms with Crippen molar-refractivity contribution in [2.75, 3.05) is 31.1 Å². The maximum Gasteiger partial charge on any atom is 0.407 e. The number of carboxylic acid groups (broad SMARTS) is 1. The fraction of sp³-hybridized carbons (Fsp3) is 0.375. The summed E-state index contributed by atoms with van der Waals surface area (Å²) >= 11 is 0. The van der Waals surface area contributed by atoms with Crippen LogP contribution in [-0.4, -0.2) is 62.7 Å². The molecule has 0 radical (unpaired) electrons. The van der Waals surface area contributed by atoms with E-state index in [0.717, 1.165) is 45.6 Å². The molecule has 2 amide bonds. The minimum atomic E-state index is -0.893. The van der Waals surface area contributed by atoms with Crippen molar-refractivity contribution < 1.29 is 14.7 Å². The van der Waals surface area contributed by atoms with Gasteiger partial charge in [-0.2, -0.15) is 0 Å². The predicted octanol–water partition coefficient (Wildman–Crippen LogP) is 4.54. The SMILES string of the molecule is Cc1cc(C)c(CNC(=O)c2cc(-c3ccc(N4CCN(C(=O)O)CC4)nc3)cc3c2ccn3CC2CCC2)c(=O)[nH]1. The number of carbonyl (C=O) groups excluding carboxylic acids is 1. The van der Waals surface area contributed by atoms with Gasteiger partial charge in [-0.25, -0.2) is 9.78 Å². The molecule has 3 N–H and O–H groups in total. The number of nitrogens with zero attached hydrogens (tertiary/aromatic N) is 4. The molecule has 2 fully saturated rings. The number of pyridine rings is 2. The third-order valence-corrected chi connectivity index (χ3v) is 8.69. The van der Waals surface area contributed by atoms with Crippen LogP contribution in [-0.2, 0) is 13.1 Å². The number of hydrogen-bond donors (Lipinski definition) is 3. The molecule has 0 unspecified atom stereocenters. The number of aryl methyl sites for hydroxylation is 2. The molecule has 3 aromatic heterocycles. The Bertz CT molecular complexity index is 1690. The van der Waals surface area contributed by atoms with Gasteiger partial charge in [-0.05, 0) is 80.1 Å². The van der Waals surface area contributed by atoms with Gasteiger partial charge in [0.25, 0.3) is 11.5 Å². The summed E-state index contributed by atoms with van der Waals surface area (Å²) in [7, 11) is 0. The van der Waals surface area contributed by atoms with Crippen molar-refractivity contribution in [3.8, 4) is 11.1 Å². The second-order valence-corrected chi connectivity index (χ2v) is 11.5. The van der Waals surface area contributed by atoms with Crippen molar-refractivity contribution in [2.24, 2.45) is 5.92 Å². The summed E-state index contributed by atoms with van der Waals surface area (Å²) in [6.45, 7) is 6.85. The van der Waals surface area contributed by atoms with Gasteiger partial charge in [0.2, 0.25) is 0 Å². The Morgan fingerprint density at radius 1 is 1.05 bits per heavy atom. The summed E-state index contributed by atoms with van der Waals surface area (Å²) in [6, 6.07) is 11.9. The minimum Gasteiger partial charge on any atom is -0.465 e. The van der Waals surface area contributed by atoms with E-state index in [1.54, 1.807) is 0 Å². The van der Waals surface area contributed by atoms with Crippen LogP contribution in [0.1, 0.15) is 46.4 Å². The maximum absolute atomic E-state index is 13.6. The first-order valence-corrected chi connectivity index (χ1v) is 14.6. The molecule has 2 aliphatic rings. The summed E-state index contributed by atoms with van der Waals surface area (Å²) in [6.07, 6.45) is 6.71. The number of benzene rings is 1. The number of nitrogens with one attached hydrogen (secondary N) is 2. The van der Waals surface area contributed by atoms with E-state index >= 15 is 0 Å². The van der Waals surface area contributed by atoms with E-state index in [-0.39, 0.29) is 18.0 Å². The van der Waals surface area contributed by atoms with Gasteiger partial charge >= 0.3 is 6.09 Å². The largest absolute Gasteiger partial charge is 0.465 e. The van der Waals surface area contributed by atoms with Crippen molar-refractivity contribution in [3.05, 3.63) is 81.5 Å². The van der Waals surface area contributed by atoms with Crippen LogP contribution < -0.4 is 15.8 Å². The number of carbonyl (C=O) groups is 2. The molecule has 42 heavy (non-hydrogen) atoms. The summed E-state index contributed by atoms with van der Waals surface area (Å²) in [5.74, 6) is 1.22. The number of aromatic amines is 1. The molecule has 1 aromatic carbocycles. The van der Waals surface area contributed by atoms with Crippen LogP contribution in [0.15, 0.2) is 53.6 Å². The van der Waals surface area contributed by atoms with Gasteiger partial charge in [-0.1, -0.05) is 6.42 Å². The zero-order chi connectivity index (χ0) is 29.4. The summed E-state index contributed by atoms with van der Waals surface area (Å²) in [5, 5.41) is 13.1. The zero-order valence-corrected chi connectivity index (χ0v) is 24.0. The van der Waals surface area contributed by atoms with Crippen LogP contribution >= 0.6 is 0 Å². The Balaban J connectivity index is 1.29. The number of H-pyrrole nitrogens is 1. The maximum atomic E-state index is 13.6. The van der Waals surface area contributed by atoms with E-state index in [1.165, 1.54) is 24.2 Å². The van der Waals surface area contributed by atoms with Gasteiger partial charge in [0, 0.05) is 84.9 Å². The summed E-state index contributed by atoms with van der Waals surface area (Å²) in [4.78, 5) is 48.5. The average molecular weight is 569 g/mol. The molecule has 4 aromatic rings. The van der Waals surface area contributed by atoms with Crippen molar-refractivity contribution in [1.82, 2.24) is 24.8 Å². The first-order chi connectivity index (χ1) is 20.3.